The number of nitro groups is 1. The number of ether oxygens (including phenoxy) is 1. The summed E-state index contributed by atoms with van der Waals surface area (Å²) in [5, 5.41) is 14.5. The summed E-state index contributed by atoms with van der Waals surface area (Å²) in [5.41, 5.74) is 1.20. The molecule has 0 saturated carbocycles. The number of amides is 3. The number of imide groups is 1. The summed E-state index contributed by atoms with van der Waals surface area (Å²) < 4.78 is 5.30. The first-order chi connectivity index (χ1) is 14.4. The van der Waals surface area contributed by atoms with Gasteiger partial charge in [0.15, 0.2) is 0 Å². The molecule has 2 aliphatic rings. The van der Waals surface area contributed by atoms with Crippen LogP contribution in [0.15, 0.2) is 48.2 Å². The van der Waals surface area contributed by atoms with Crippen LogP contribution in [0.3, 0.4) is 0 Å². The average molecular weight is 429 g/mol. The molecule has 0 aliphatic carbocycles. The summed E-state index contributed by atoms with van der Waals surface area (Å²) in [4.78, 5) is 39.1. The van der Waals surface area contributed by atoms with E-state index in [1.54, 1.807) is 30.3 Å². The number of hydrogen-bond acceptors (Lipinski definition) is 6. The third-order valence-corrected chi connectivity index (χ3v) is 5.04. The van der Waals surface area contributed by atoms with E-state index in [4.69, 9.17) is 16.3 Å². The van der Waals surface area contributed by atoms with E-state index in [0.717, 1.165) is 4.90 Å². The standard InChI is InChI=1S/C20H17ClN4O5/c21-14-2-1-3-15(12-14)24-19(26)16(22-20(24)27)10-13-4-5-17(18(11-13)25(28)29)23-6-8-30-9-7-23/h1-5,10-12H,6-9H2,(H,22,27). The number of nitrogens with one attached hydrogen (secondary N) is 1. The number of nitrogens with zero attached hydrogens (tertiary/aromatic N) is 3. The van der Waals surface area contributed by atoms with Gasteiger partial charge in [-0.05, 0) is 35.9 Å². The Bertz CT molecular complexity index is 1060. The Balaban J connectivity index is 1.64. The first kappa shape index (κ1) is 19.9. The maximum absolute atomic E-state index is 12.7. The average Bonchev–Trinajstić information content (AvgIpc) is 3.01. The second-order valence-electron chi connectivity index (χ2n) is 6.71. The van der Waals surface area contributed by atoms with E-state index in [-0.39, 0.29) is 11.4 Å². The maximum Gasteiger partial charge on any atom is 0.333 e. The number of halogens is 1. The topological polar surface area (TPSA) is 105 Å². The van der Waals surface area contributed by atoms with Crippen LogP contribution in [0, 0.1) is 10.1 Å². The lowest BCUT2D eigenvalue weighted by molar-refractivity contribution is -0.384. The van der Waals surface area contributed by atoms with Gasteiger partial charge in [0.1, 0.15) is 11.4 Å². The predicted molar refractivity (Wildman–Crippen MR) is 112 cm³/mol. The molecule has 2 heterocycles. The monoisotopic (exact) mass is 428 g/mol. The molecule has 3 amide bonds. The van der Waals surface area contributed by atoms with Crippen molar-refractivity contribution in [3.05, 3.63) is 68.9 Å². The van der Waals surface area contributed by atoms with Gasteiger partial charge >= 0.3 is 6.03 Å². The highest BCUT2D eigenvalue weighted by Gasteiger charge is 2.35. The Kier molecular flexibility index (Phi) is 5.39. The second-order valence-corrected chi connectivity index (χ2v) is 7.15. The highest BCUT2D eigenvalue weighted by atomic mass is 35.5. The van der Waals surface area contributed by atoms with Gasteiger partial charge in [0.05, 0.1) is 23.8 Å². The summed E-state index contributed by atoms with van der Waals surface area (Å²) in [6.45, 7) is 2.13. The zero-order valence-electron chi connectivity index (χ0n) is 15.7. The van der Waals surface area contributed by atoms with Crippen LogP contribution in [-0.2, 0) is 9.53 Å². The summed E-state index contributed by atoms with van der Waals surface area (Å²) in [6, 6.07) is 10.5. The number of carbonyl (C=O) groups excluding carboxylic acids is 2. The Labute approximate surface area is 176 Å². The van der Waals surface area contributed by atoms with Crippen molar-refractivity contribution in [3.63, 3.8) is 0 Å². The lowest BCUT2D eigenvalue weighted by atomic mass is 10.1. The molecule has 9 nitrogen and oxygen atoms in total. The van der Waals surface area contributed by atoms with Crippen molar-refractivity contribution in [2.45, 2.75) is 0 Å². The largest absolute Gasteiger partial charge is 0.378 e. The molecule has 2 aromatic rings. The van der Waals surface area contributed by atoms with Crippen LogP contribution >= 0.6 is 11.6 Å². The van der Waals surface area contributed by atoms with Gasteiger partial charge in [0.2, 0.25) is 0 Å². The van der Waals surface area contributed by atoms with Crippen LogP contribution < -0.4 is 15.1 Å². The molecule has 0 radical (unpaired) electrons. The lowest BCUT2D eigenvalue weighted by Gasteiger charge is -2.28. The minimum absolute atomic E-state index is 0.0217. The summed E-state index contributed by atoms with van der Waals surface area (Å²) in [5.74, 6) is -0.567. The fourth-order valence-electron chi connectivity index (χ4n) is 3.40. The van der Waals surface area contributed by atoms with Crippen LogP contribution in [0.1, 0.15) is 5.56 Å². The second kappa shape index (κ2) is 8.13. The van der Waals surface area contributed by atoms with Gasteiger partial charge < -0.3 is 15.0 Å². The van der Waals surface area contributed by atoms with E-state index in [2.05, 4.69) is 5.32 Å². The molecule has 0 aromatic heterocycles. The third kappa shape index (κ3) is 3.85. The molecular formula is C20H17ClN4O5. The van der Waals surface area contributed by atoms with Crippen molar-refractivity contribution in [2.75, 3.05) is 36.1 Å². The van der Waals surface area contributed by atoms with Crippen molar-refractivity contribution in [1.82, 2.24) is 5.32 Å². The molecule has 154 valence electrons. The molecular weight excluding hydrogens is 412 g/mol. The predicted octanol–water partition coefficient (Wildman–Crippen LogP) is 3.18. The number of benzene rings is 2. The maximum atomic E-state index is 12.7. The van der Waals surface area contributed by atoms with Crippen LogP contribution in [0.5, 0.6) is 0 Å². The quantitative estimate of drug-likeness (QED) is 0.347. The van der Waals surface area contributed by atoms with Gasteiger partial charge in [-0.2, -0.15) is 0 Å². The van der Waals surface area contributed by atoms with Gasteiger partial charge in [-0.1, -0.05) is 23.7 Å². The first-order valence-electron chi connectivity index (χ1n) is 9.18. The van der Waals surface area contributed by atoms with Crippen molar-refractivity contribution in [3.8, 4) is 0 Å². The Morgan fingerprint density at radius 2 is 1.90 bits per heavy atom. The van der Waals surface area contributed by atoms with Crippen molar-refractivity contribution < 1.29 is 19.2 Å². The number of urea groups is 1. The van der Waals surface area contributed by atoms with Gasteiger partial charge in [0.25, 0.3) is 11.6 Å². The minimum Gasteiger partial charge on any atom is -0.378 e. The molecule has 2 fully saturated rings. The van der Waals surface area contributed by atoms with Gasteiger partial charge in [-0.3, -0.25) is 14.9 Å². The van der Waals surface area contributed by atoms with Crippen molar-refractivity contribution in [1.29, 1.82) is 0 Å². The Morgan fingerprint density at radius 1 is 1.13 bits per heavy atom. The van der Waals surface area contributed by atoms with E-state index in [1.807, 2.05) is 4.90 Å². The van der Waals surface area contributed by atoms with E-state index in [0.29, 0.717) is 48.3 Å². The zero-order valence-corrected chi connectivity index (χ0v) is 16.5. The summed E-state index contributed by atoms with van der Waals surface area (Å²) in [6.07, 6.45) is 1.42. The van der Waals surface area contributed by atoms with Crippen molar-refractivity contribution in [2.24, 2.45) is 0 Å². The zero-order chi connectivity index (χ0) is 21.3. The fourth-order valence-corrected chi connectivity index (χ4v) is 3.58. The molecule has 0 unspecified atom stereocenters. The number of rotatable bonds is 4. The summed E-state index contributed by atoms with van der Waals surface area (Å²) in [7, 11) is 0. The molecule has 2 aromatic carbocycles. The molecule has 2 saturated heterocycles. The highest BCUT2D eigenvalue weighted by molar-refractivity contribution is 6.32. The number of carbonyl (C=O) groups is 2. The van der Waals surface area contributed by atoms with Gasteiger partial charge in [-0.15, -0.1) is 0 Å². The molecule has 4 rings (SSSR count). The minimum atomic E-state index is -0.618. The molecule has 1 N–H and O–H groups in total. The third-order valence-electron chi connectivity index (χ3n) is 4.80. The SMILES string of the molecule is O=C1NC(=Cc2ccc(N3CCOCC3)c([N+](=O)[O-])c2)C(=O)N1c1cccc(Cl)c1. The fraction of sp³-hybridized carbons (Fsp3) is 0.200. The first-order valence-corrected chi connectivity index (χ1v) is 9.55. The van der Waals surface area contributed by atoms with E-state index in [9.17, 15) is 19.7 Å². The molecule has 10 heteroatoms. The number of anilines is 2. The van der Waals surface area contributed by atoms with Crippen molar-refractivity contribution >= 4 is 46.7 Å². The Morgan fingerprint density at radius 3 is 2.60 bits per heavy atom. The van der Waals surface area contributed by atoms with Crippen LogP contribution in [0.4, 0.5) is 21.9 Å². The molecule has 2 aliphatic heterocycles. The molecule has 30 heavy (non-hydrogen) atoms. The van der Waals surface area contributed by atoms with E-state index in [1.165, 1.54) is 18.2 Å². The Hall–Kier alpha value is -3.43. The number of hydrogen-bond donors (Lipinski definition) is 1. The van der Waals surface area contributed by atoms with E-state index >= 15 is 0 Å². The van der Waals surface area contributed by atoms with Crippen LogP contribution in [-0.4, -0.2) is 43.2 Å². The van der Waals surface area contributed by atoms with Gasteiger partial charge in [-0.25, -0.2) is 9.69 Å². The molecule has 0 spiro atoms. The van der Waals surface area contributed by atoms with Crippen LogP contribution in [0.25, 0.3) is 6.08 Å². The number of morpholine rings is 1. The van der Waals surface area contributed by atoms with E-state index < -0.39 is 16.9 Å². The molecule has 0 atom stereocenters. The normalized spacial score (nSPS) is 18.1. The smallest absolute Gasteiger partial charge is 0.333 e. The highest BCUT2D eigenvalue weighted by Crippen LogP contribution is 2.31. The lowest BCUT2D eigenvalue weighted by Crippen LogP contribution is -2.36. The summed E-state index contributed by atoms with van der Waals surface area (Å²) >= 11 is 5.95. The number of nitro benzene ring substituents is 1. The van der Waals surface area contributed by atoms with Crippen LogP contribution in [0.2, 0.25) is 5.02 Å². The molecule has 0 bridgehead atoms. The van der Waals surface area contributed by atoms with Gasteiger partial charge in [0, 0.05) is 24.2 Å².